The van der Waals surface area contributed by atoms with Crippen LogP contribution in [0.3, 0.4) is 0 Å². The van der Waals surface area contributed by atoms with Gasteiger partial charge in [-0.1, -0.05) is 0 Å². The van der Waals surface area contributed by atoms with Crippen LogP contribution in [-0.4, -0.2) is 37.9 Å². The fourth-order valence-corrected chi connectivity index (χ4v) is 1.37. The molecule has 0 fully saturated rings. The number of nitrogen functional groups attached to an aromatic ring is 1. The number of rotatable bonds is 5. The van der Waals surface area contributed by atoms with Gasteiger partial charge in [0.25, 0.3) is 0 Å². The Morgan fingerprint density at radius 2 is 2.00 bits per heavy atom. The molecule has 0 aromatic carbocycles. The van der Waals surface area contributed by atoms with Gasteiger partial charge >= 0.3 is 0 Å². The van der Waals surface area contributed by atoms with E-state index in [1.807, 2.05) is 44.9 Å². The predicted octanol–water partition coefficient (Wildman–Crippen LogP) is 1.92. The minimum Gasteiger partial charge on any atom is -0.470 e. The zero-order chi connectivity index (χ0) is 13.8. The molecule has 5 nitrogen and oxygen atoms in total. The summed E-state index contributed by atoms with van der Waals surface area (Å²) in [5.74, 6) is 1.30. The van der Waals surface area contributed by atoms with Crippen molar-refractivity contribution in [3.8, 4) is 5.88 Å². The smallest absolute Gasteiger partial charge is 0.239 e. The number of nitrogens with two attached hydrogens (primary N) is 1. The molecule has 0 radical (unpaired) electrons. The van der Waals surface area contributed by atoms with E-state index in [-0.39, 0.29) is 5.60 Å². The molecular formula is C13H23N3O2. The topological polar surface area (TPSA) is 60.6 Å². The van der Waals surface area contributed by atoms with Gasteiger partial charge in [0.15, 0.2) is 0 Å². The molecule has 1 heterocycles. The second kappa shape index (κ2) is 5.91. The van der Waals surface area contributed by atoms with Crippen molar-refractivity contribution in [1.82, 2.24) is 4.98 Å². The summed E-state index contributed by atoms with van der Waals surface area (Å²) < 4.78 is 10.8. The first-order valence-corrected chi connectivity index (χ1v) is 5.99. The van der Waals surface area contributed by atoms with E-state index in [0.717, 1.165) is 12.4 Å². The van der Waals surface area contributed by atoms with Crippen molar-refractivity contribution in [2.75, 3.05) is 37.9 Å². The fourth-order valence-electron chi connectivity index (χ4n) is 1.37. The Balaban J connectivity index is 2.86. The molecule has 0 spiro atoms. The molecule has 1 aromatic rings. The molecule has 0 bridgehead atoms. The normalized spacial score (nSPS) is 11.4. The lowest BCUT2D eigenvalue weighted by Crippen LogP contribution is -2.26. The summed E-state index contributed by atoms with van der Waals surface area (Å²) in [7, 11) is 3.64. The Bertz CT molecular complexity index is 388. The Morgan fingerprint density at radius 3 is 2.56 bits per heavy atom. The highest BCUT2D eigenvalue weighted by Gasteiger charge is 2.16. The molecule has 1 rings (SSSR count). The third-order valence-electron chi connectivity index (χ3n) is 2.30. The molecule has 0 unspecified atom stereocenters. The van der Waals surface area contributed by atoms with Crippen molar-refractivity contribution in [1.29, 1.82) is 0 Å². The summed E-state index contributed by atoms with van der Waals surface area (Å²) in [6.45, 7) is 7.32. The van der Waals surface area contributed by atoms with Crippen molar-refractivity contribution < 1.29 is 9.47 Å². The number of hydrogen-bond donors (Lipinski definition) is 1. The summed E-state index contributed by atoms with van der Waals surface area (Å²) in [6, 6.07) is 3.69. The standard InChI is InChI=1S/C13H23N3O2/c1-13(2,3)18-12-10(14)6-7-11(15-12)16(4)8-9-17-5/h6-7H,8-9,14H2,1-5H3. The van der Waals surface area contributed by atoms with Crippen molar-refractivity contribution in [3.05, 3.63) is 12.1 Å². The first-order valence-electron chi connectivity index (χ1n) is 5.99. The van der Waals surface area contributed by atoms with Crippen LogP contribution >= 0.6 is 0 Å². The van der Waals surface area contributed by atoms with Crippen molar-refractivity contribution in [3.63, 3.8) is 0 Å². The Labute approximate surface area is 109 Å². The number of methoxy groups -OCH3 is 1. The monoisotopic (exact) mass is 253 g/mol. The Kier molecular flexibility index (Phi) is 4.78. The molecule has 5 heteroatoms. The average molecular weight is 253 g/mol. The summed E-state index contributed by atoms with van der Waals surface area (Å²) in [5.41, 5.74) is 6.10. The number of pyridine rings is 1. The fraction of sp³-hybridized carbons (Fsp3) is 0.615. The van der Waals surface area contributed by atoms with E-state index in [2.05, 4.69) is 4.98 Å². The van der Waals surface area contributed by atoms with Crippen LogP contribution < -0.4 is 15.4 Å². The number of ether oxygens (including phenoxy) is 2. The van der Waals surface area contributed by atoms with Gasteiger partial charge in [-0.15, -0.1) is 0 Å². The molecule has 0 saturated heterocycles. The average Bonchev–Trinajstić information content (AvgIpc) is 2.27. The van der Waals surface area contributed by atoms with Crippen LogP contribution in [0.1, 0.15) is 20.8 Å². The number of anilines is 2. The molecule has 102 valence electrons. The minimum absolute atomic E-state index is 0.315. The lowest BCUT2D eigenvalue weighted by molar-refractivity contribution is 0.125. The number of aromatic nitrogens is 1. The highest BCUT2D eigenvalue weighted by molar-refractivity contribution is 5.54. The van der Waals surface area contributed by atoms with Gasteiger partial charge in [-0.05, 0) is 32.9 Å². The van der Waals surface area contributed by atoms with Crippen LogP contribution in [0, 0.1) is 0 Å². The first-order chi connectivity index (χ1) is 8.33. The SMILES string of the molecule is COCCN(C)c1ccc(N)c(OC(C)(C)C)n1. The van der Waals surface area contributed by atoms with Gasteiger partial charge < -0.3 is 20.1 Å². The van der Waals surface area contributed by atoms with Crippen LogP contribution in [0.5, 0.6) is 5.88 Å². The molecular weight excluding hydrogens is 230 g/mol. The molecule has 0 aliphatic heterocycles. The maximum absolute atomic E-state index is 5.87. The van der Waals surface area contributed by atoms with Gasteiger partial charge in [0, 0.05) is 20.7 Å². The molecule has 18 heavy (non-hydrogen) atoms. The van der Waals surface area contributed by atoms with E-state index >= 15 is 0 Å². The van der Waals surface area contributed by atoms with Crippen LogP contribution in [0.4, 0.5) is 11.5 Å². The van der Waals surface area contributed by atoms with E-state index < -0.39 is 0 Å². The van der Waals surface area contributed by atoms with Crippen LogP contribution in [0.2, 0.25) is 0 Å². The van der Waals surface area contributed by atoms with E-state index in [4.69, 9.17) is 15.2 Å². The largest absolute Gasteiger partial charge is 0.470 e. The predicted molar refractivity (Wildman–Crippen MR) is 74.2 cm³/mol. The van der Waals surface area contributed by atoms with Crippen molar-refractivity contribution in [2.24, 2.45) is 0 Å². The number of hydrogen-bond acceptors (Lipinski definition) is 5. The van der Waals surface area contributed by atoms with Gasteiger partial charge in [-0.3, -0.25) is 0 Å². The Morgan fingerprint density at radius 1 is 1.33 bits per heavy atom. The molecule has 0 aliphatic carbocycles. The zero-order valence-corrected chi connectivity index (χ0v) is 11.9. The van der Waals surface area contributed by atoms with Crippen molar-refractivity contribution in [2.45, 2.75) is 26.4 Å². The van der Waals surface area contributed by atoms with Gasteiger partial charge in [0.2, 0.25) is 5.88 Å². The lowest BCUT2D eigenvalue weighted by Gasteiger charge is -2.23. The highest BCUT2D eigenvalue weighted by Crippen LogP contribution is 2.25. The third kappa shape index (κ3) is 4.41. The van der Waals surface area contributed by atoms with Gasteiger partial charge in [0.1, 0.15) is 11.4 Å². The van der Waals surface area contributed by atoms with E-state index in [1.165, 1.54) is 0 Å². The third-order valence-corrected chi connectivity index (χ3v) is 2.30. The van der Waals surface area contributed by atoms with Gasteiger partial charge in [0.05, 0.1) is 12.3 Å². The molecule has 0 saturated carbocycles. The quantitative estimate of drug-likeness (QED) is 0.868. The second-order valence-electron chi connectivity index (χ2n) is 5.19. The van der Waals surface area contributed by atoms with Gasteiger partial charge in [-0.2, -0.15) is 4.98 Å². The van der Waals surface area contributed by atoms with Crippen LogP contribution in [0.25, 0.3) is 0 Å². The molecule has 0 atom stereocenters. The maximum atomic E-state index is 5.87. The molecule has 0 amide bonds. The summed E-state index contributed by atoms with van der Waals surface area (Å²) >= 11 is 0. The molecule has 2 N–H and O–H groups in total. The highest BCUT2D eigenvalue weighted by atomic mass is 16.5. The summed E-state index contributed by atoms with van der Waals surface area (Å²) in [5, 5.41) is 0. The van der Waals surface area contributed by atoms with E-state index in [1.54, 1.807) is 7.11 Å². The second-order valence-corrected chi connectivity index (χ2v) is 5.19. The van der Waals surface area contributed by atoms with E-state index in [0.29, 0.717) is 18.2 Å². The first kappa shape index (κ1) is 14.6. The number of likely N-dealkylation sites (N-methyl/N-ethyl adjacent to an activating group) is 1. The Hall–Kier alpha value is -1.49. The zero-order valence-electron chi connectivity index (χ0n) is 11.9. The lowest BCUT2D eigenvalue weighted by atomic mass is 10.2. The van der Waals surface area contributed by atoms with Crippen molar-refractivity contribution >= 4 is 11.5 Å². The molecule has 1 aromatic heterocycles. The van der Waals surface area contributed by atoms with Crippen LogP contribution in [0.15, 0.2) is 12.1 Å². The summed E-state index contributed by atoms with van der Waals surface area (Å²) in [4.78, 5) is 6.43. The maximum Gasteiger partial charge on any atom is 0.239 e. The van der Waals surface area contributed by atoms with Gasteiger partial charge in [-0.25, -0.2) is 0 Å². The molecule has 0 aliphatic rings. The minimum atomic E-state index is -0.315. The van der Waals surface area contributed by atoms with E-state index in [9.17, 15) is 0 Å². The van der Waals surface area contributed by atoms with Crippen LogP contribution in [-0.2, 0) is 4.74 Å². The number of nitrogens with zero attached hydrogens (tertiary/aromatic N) is 2. The summed E-state index contributed by atoms with van der Waals surface area (Å²) in [6.07, 6.45) is 0.